The van der Waals surface area contributed by atoms with Crippen LogP contribution in [0, 0.1) is 35.4 Å². The van der Waals surface area contributed by atoms with Gasteiger partial charge in [0.25, 0.3) is 0 Å². The first kappa shape index (κ1) is 44.7. The number of aromatic hydroxyl groups is 6. The normalized spacial score (nSPS) is 41.9. The molecule has 756 valence electrons. The van der Waals surface area contributed by atoms with E-state index in [4.69, 9.17) is 123 Å². The van der Waals surface area contributed by atoms with Gasteiger partial charge in [0.05, 0.1) is 4.11 Å². The van der Waals surface area contributed by atoms with Crippen LogP contribution >= 0.6 is 0 Å². The molecular weight excluding hydrogens is 1710 g/mol. The van der Waals surface area contributed by atoms with Crippen LogP contribution < -0.4 is 28.4 Å². The van der Waals surface area contributed by atoms with Gasteiger partial charge in [0, 0.05) is 206 Å². The van der Waals surface area contributed by atoms with Gasteiger partial charge in [-0.15, -0.1) is 0 Å². The predicted molar refractivity (Wildman–Crippen MR) is 572 cm³/mol. The smallest absolute Gasteiger partial charge is 0.127 e. The highest BCUT2D eigenvalue weighted by Gasteiger charge is 2.52. The Morgan fingerprint density at radius 3 is 0.935 bits per heavy atom. The second kappa shape index (κ2) is 45.7. The highest BCUT2D eigenvalue weighted by molar-refractivity contribution is 5.60. The third kappa shape index (κ3) is 25.0. The van der Waals surface area contributed by atoms with Gasteiger partial charge in [0.2, 0.25) is 0 Å². The monoisotopic (exact) mass is 1960 g/mol. The molecule has 6 aromatic carbocycles. The number of phenols is 6. The van der Waals surface area contributed by atoms with E-state index in [2.05, 4.69) is 0 Å². The van der Waals surface area contributed by atoms with E-state index in [0.717, 1.165) is 86.0 Å². The van der Waals surface area contributed by atoms with Crippen molar-refractivity contribution in [2.24, 2.45) is 35.4 Å². The van der Waals surface area contributed by atoms with E-state index >= 15 is 0 Å². The molecular formula is C126H180O12. The van der Waals surface area contributed by atoms with Crippen LogP contribution in [0.3, 0.4) is 0 Å². The SMILES string of the molecule is [2H]C([2H])(CCCC)c1cc(O)c2c(c1)OC(C([2H])([2H])[2H])(C([2H])([2H])[2H])[C@@H]1CCC(C)=C[C@@]21[2H].[2H]C([2H])([2H])C1=C[C@@]2([2H])c3c(O)cc(C([2H])([2H])CCCC)cc3OC(C([2H])([2H])[2H])(C([2H])([2H])[2H])[C@@H]2CC1.[2H]C1([2H])C[C@H]2C(C([2H])([2H])[2H])(C([2H])([2H])[2H])Oc3cc(C([2H])([2H])CCCC)cc(O)c3[C@]2([2H])C=C1C.[2H]C1=C(C([2H])([2H])[2H])C([2H])([2H])C([2H])([2H])[C@]2([2H])[C@@H]1c1c(O)cc(C([2H])([2H])CCCC)cc1OC2(C([2H])([2H])[2H])C([2H])([2H])[2H].[2H]C1=C(C)C([2H])([2H])C([2H])([2H])[C@@]2([2H])C(C([2H])([2H])[2H])(C([2H])([2H])[2H])Oc3cc(C([2H])([2H])CCCC)cc(O)c3[C@]12[2H].[2H]C1=C(C)CC([2H])([2H])[C@@]2([2H])C(C([2H])([2H])[2H])(C([2H])([2H])[2H])Oc3cc(C([2H])([2H])CCCC)cc(O)c3[C@]12[2H]. The van der Waals surface area contributed by atoms with E-state index in [1.54, 1.807) is 13.8 Å². The van der Waals surface area contributed by atoms with Crippen molar-refractivity contribution >= 4 is 0 Å². The van der Waals surface area contributed by atoms with Gasteiger partial charge in [-0.3, -0.25) is 0 Å². The van der Waals surface area contributed by atoms with Gasteiger partial charge in [-0.05, 0) is 383 Å². The Labute approximate surface area is 942 Å². The standard InChI is InChI=1S/6C21H30O2/c6*1-5-6-7-8-15-12-18(22)20-16-11-14(2)9-10-17(16)21(3,4)23-19(20)13-15/h6*11-13,16-17,22H,5-10H2,1-4H3/t6*16-,17-/m111111/s1/i3D3,4D3,8D2,9D2,10D2,11D,16D,17D;2D3,3D3,4D3,8D2,9D2,10D2,11D,17D;3D3,4D3,8D2,10D2,11D,16D,17D;3D3,4D3,8D2,9D2,16D;2D3,3D3,4D3,8D2,16D;3D3,4D3,8D2,16D. The number of benzene rings is 6. The number of hydrogen-bond acceptors (Lipinski definition) is 12. The van der Waals surface area contributed by atoms with Crippen LogP contribution in [0.15, 0.2) is 143 Å². The molecule has 0 aromatic heterocycles. The van der Waals surface area contributed by atoms with Crippen LogP contribution in [0.2, 0.25) is 0 Å². The van der Waals surface area contributed by atoms with Crippen LogP contribution in [-0.2, 0) is 38.2 Å². The summed E-state index contributed by atoms with van der Waals surface area (Å²) in [6.45, 7) is -31.7. The molecule has 12 heteroatoms. The van der Waals surface area contributed by atoms with Gasteiger partial charge >= 0.3 is 0 Å². The van der Waals surface area contributed by atoms with E-state index in [-0.39, 0.29) is 136 Å². The molecule has 0 unspecified atom stereocenters. The van der Waals surface area contributed by atoms with Gasteiger partial charge in [-0.1, -0.05) is 188 Å². The Hall–Kier alpha value is -8.64. The lowest BCUT2D eigenvalue weighted by Crippen LogP contribution is -2.45. The summed E-state index contributed by atoms with van der Waals surface area (Å²) in [7, 11) is 0. The maximum Gasteiger partial charge on any atom is 0.127 e. The highest BCUT2D eigenvalue weighted by atomic mass is 16.5. The summed E-state index contributed by atoms with van der Waals surface area (Å²) < 4.78 is 679. The number of phenolic OH excluding ortho intramolecular Hbond substituents is 6. The lowest BCUT2D eigenvalue weighted by Gasteiger charge is -2.46. The quantitative estimate of drug-likeness (QED) is 0.0317. The largest absolute Gasteiger partial charge is 0.507 e. The first-order valence-electron chi connectivity index (χ1n) is 85.7. The molecule has 12 atom stereocenters. The molecule has 0 spiro atoms. The molecule has 0 radical (unpaired) electrons. The second-order valence-electron chi connectivity index (χ2n) is 36.1. The topological polar surface area (TPSA) is 177 Å². The lowest BCUT2D eigenvalue weighted by molar-refractivity contribution is 0.0104. The van der Waals surface area contributed by atoms with Gasteiger partial charge in [0.15, 0.2) is 0 Å². The van der Waals surface area contributed by atoms with E-state index in [0.29, 0.717) is 70.6 Å². The maximum absolute atomic E-state index is 11.1. The molecule has 12 nitrogen and oxygen atoms in total. The molecule has 6 aromatic rings. The lowest BCUT2D eigenvalue weighted by atomic mass is 9.68. The third-order valence-corrected chi connectivity index (χ3v) is 24.8. The molecule has 6 heterocycles. The summed E-state index contributed by atoms with van der Waals surface area (Å²) in [5.41, 5.74) is -24.6. The van der Waals surface area contributed by atoms with E-state index < -0.39 is 393 Å². The van der Waals surface area contributed by atoms with Gasteiger partial charge in [-0.25, -0.2) is 0 Å². The van der Waals surface area contributed by atoms with Crippen molar-refractivity contribution in [3.63, 3.8) is 0 Å². The minimum absolute atomic E-state index is 0.0132. The molecule has 12 aliphatic rings. The van der Waals surface area contributed by atoms with E-state index in [1.165, 1.54) is 44.2 Å². The summed E-state index contributed by atoms with van der Waals surface area (Å²) >= 11 is 0. The van der Waals surface area contributed by atoms with Crippen molar-refractivity contribution in [2.45, 2.75) is 465 Å². The maximum atomic E-state index is 11.1. The van der Waals surface area contributed by atoms with E-state index in [9.17, 15) is 41.6 Å². The number of rotatable bonds is 24. The zero-order valence-electron chi connectivity index (χ0n) is 157. The minimum Gasteiger partial charge on any atom is -0.507 e. The molecule has 0 saturated heterocycles. The zero-order chi connectivity index (χ0) is 166. The molecule has 6 aliphatic heterocycles. The molecule has 0 amide bonds. The van der Waals surface area contributed by atoms with Crippen LogP contribution in [-0.4, -0.2) is 64.2 Å². The van der Waals surface area contributed by atoms with Crippen molar-refractivity contribution in [3.05, 3.63) is 209 Å². The fourth-order valence-electron chi connectivity index (χ4n) is 17.7. The van der Waals surface area contributed by atoms with E-state index in [1.807, 2.05) is 34.6 Å². The number of allylic oxidation sites excluding steroid dienone is 12. The van der Waals surface area contributed by atoms with Crippen molar-refractivity contribution in [3.8, 4) is 69.0 Å². The second-order valence-corrected chi connectivity index (χ2v) is 36.1. The molecule has 6 N–H and O–H groups in total. The fraction of sp³-hybridized carbons (Fsp3) is 0.619. The number of hydrogen-bond donors (Lipinski definition) is 6. The van der Waals surface area contributed by atoms with Crippen molar-refractivity contribution in [1.29, 1.82) is 0 Å². The summed E-state index contributed by atoms with van der Waals surface area (Å²) in [5.74, 6) is -38.2. The number of unbranched alkanes of at least 4 members (excludes halogenated alkanes) is 6. The van der Waals surface area contributed by atoms with Crippen LogP contribution in [0.1, 0.15) is 565 Å². The summed E-state index contributed by atoms with van der Waals surface area (Å²) in [4.78, 5) is 0. The molecule has 6 aliphatic carbocycles. The molecule has 0 saturated carbocycles. The molecule has 18 rings (SSSR count). The molecule has 138 heavy (non-hydrogen) atoms. The predicted octanol–water partition coefficient (Wildman–Crippen LogP) is 34.4. The minimum atomic E-state index is -3.94. The van der Waals surface area contributed by atoms with Gasteiger partial charge in [-0.2, -0.15) is 0 Å². The van der Waals surface area contributed by atoms with Crippen molar-refractivity contribution in [1.82, 2.24) is 0 Å². The first-order chi connectivity index (χ1) is 96.1. The number of fused-ring (bicyclic) bond motifs is 18. The van der Waals surface area contributed by atoms with Gasteiger partial charge in [0.1, 0.15) is 103 Å². The average Bonchev–Trinajstić information content (AvgIpc) is 0.631. The third-order valence-electron chi connectivity index (χ3n) is 24.8. The van der Waals surface area contributed by atoms with Crippen LogP contribution in [0.5, 0.6) is 69.0 Å². The van der Waals surface area contributed by atoms with Crippen molar-refractivity contribution in [2.75, 3.05) is 0 Å². The Kier molecular flexibility index (Phi) is 14.8. The summed E-state index contributed by atoms with van der Waals surface area (Å²) in [6.07, 6.45) is -22.1. The zero-order valence-corrected chi connectivity index (χ0v) is 79.6. The summed E-state index contributed by atoms with van der Waals surface area (Å²) in [6, 6.07) is 9.58. The Morgan fingerprint density at radius 1 is 0.297 bits per heavy atom. The number of aryl methyl sites for hydroxylation is 6. The first-order valence-corrected chi connectivity index (χ1v) is 47.2. The summed E-state index contributed by atoms with van der Waals surface area (Å²) in [5, 5.41) is 66.0. The molecule has 0 bridgehead atoms. The molecule has 0 fully saturated rings. The Bertz CT molecular complexity index is 8900. The van der Waals surface area contributed by atoms with Crippen molar-refractivity contribution < 1.29 is 165 Å². The van der Waals surface area contributed by atoms with Crippen LogP contribution in [0.25, 0.3) is 0 Å². The highest BCUT2D eigenvalue weighted by Crippen LogP contribution is 2.61. The average molecular weight is 1960 g/mol. The Balaban J connectivity index is 0.000000206. The van der Waals surface area contributed by atoms with Gasteiger partial charge < -0.3 is 59.1 Å². The Morgan fingerprint density at radius 2 is 0.580 bits per heavy atom. The fourth-order valence-corrected chi connectivity index (χ4v) is 17.7. The van der Waals surface area contributed by atoms with Crippen LogP contribution in [0.4, 0.5) is 0 Å². The number of ether oxygens (including phenoxy) is 6.